The third-order valence-corrected chi connectivity index (χ3v) is 10.4. The van der Waals surface area contributed by atoms with Crippen molar-refractivity contribution in [2.75, 3.05) is 62.8 Å². The number of pyridine rings is 1. The van der Waals surface area contributed by atoms with Crippen LogP contribution in [-0.2, 0) is 9.59 Å². The highest BCUT2D eigenvalue weighted by Crippen LogP contribution is 2.33. The van der Waals surface area contributed by atoms with E-state index >= 15 is 0 Å². The number of carbonyl (C=O) groups excluding carboxylic acids is 3. The second-order valence-corrected chi connectivity index (χ2v) is 14.0. The summed E-state index contributed by atoms with van der Waals surface area (Å²) < 4.78 is 6.83. The highest BCUT2D eigenvalue weighted by molar-refractivity contribution is 6.07. The van der Waals surface area contributed by atoms with Gasteiger partial charge < -0.3 is 40.8 Å². The van der Waals surface area contributed by atoms with Gasteiger partial charge in [0.1, 0.15) is 17.7 Å². The minimum absolute atomic E-state index is 0.0189. The SMILES string of the molecule is CNC(=O)CCC(C=O)c1ccc(N2CCN(CC3CCCCC3)CC2)cc1.COc1cc(N)c(C=N)cc1C(=O)Nc1cccn(C2CC2)c1=O. The van der Waals surface area contributed by atoms with E-state index in [-0.39, 0.29) is 40.4 Å². The van der Waals surface area contributed by atoms with Gasteiger partial charge in [-0.15, -0.1) is 0 Å². The van der Waals surface area contributed by atoms with Crippen molar-refractivity contribution in [1.82, 2.24) is 14.8 Å². The molecule has 12 heteroatoms. The Balaban J connectivity index is 0.000000203. The number of hydrogen-bond acceptors (Lipinski definition) is 9. The van der Waals surface area contributed by atoms with Crippen molar-refractivity contribution in [1.29, 1.82) is 5.41 Å². The van der Waals surface area contributed by atoms with E-state index in [1.165, 1.54) is 63.6 Å². The number of carbonyl (C=O) groups is 3. The van der Waals surface area contributed by atoms with Gasteiger partial charge in [-0.05, 0) is 73.9 Å². The monoisotopic (exact) mass is 711 g/mol. The second kappa shape index (κ2) is 18.5. The number of nitrogens with zero attached hydrogens (tertiary/aromatic N) is 3. The third kappa shape index (κ3) is 10.1. The standard InChI is InChI=1S/C23H35N3O2.C17H18N4O3/c1-24-23(28)12-9-21(18-27)20-7-10-22(11-8-20)26-15-13-25(14-16-26)17-19-5-3-2-4-6-19;1-24-15-8-13(19)10(9-18)7-12(15)16(22)20-14-3-2-6-21(17(14)23)11-4-5-11/h7-8,10-11,18-19,21H,2-6,9,12-17H2,1H3,(H,24,28);2-3,6-9,11,18H,4-5,19H2,1H3,(H,20,22). The smallest absolute Gasteiger partial charge is 0.274 e. The van der Waals surface area contributed by atoms with Crippen LogP contribution in [0.15, 0.2) is 59.5 Å². The Labute approximate surface area is 306 Å². The number of aldehydes is 1. The maximum atomic E-state index is 12.6. The lowest BCUT2D eigenvalue weighted by Crippen LogP contribution is -2.48. The van der Waals surface area contributed by atoms with Gasteiger partial charge in [-0.3, -0.25) is 19.3 Å². The number of nitrogens with two attached hydrogens (primary N) is 1. The second-order valence-electron chi connectivity index (χ2n) is 14.0. The zero-order valence-electron chi connectivity index (χ0n) is 30.4. The summed E-state index contributed by atoms with van der Waals surface area (Å²) in [4.78, 5) is 52.9. The molecule has 1 aliphatic heterocycles. The van der Waals surface area contributed by atoms with E-state index in [9.17, 15) is 19.2 Å². The maximum Gasteiger partial charge on any atom is 0.274 e. The van der Waals surface area contributed by atoms with E-state index in [1.54, 1.807) is 29.9 Å². The van der Waals surface area contributed by atoms with Crippen molar-refractivity contribution < 1.29 is 19.1 Å². The average molecular weight is 712 g/mol. The molecule has 0 radical (unpaired) electrons. The van der Waals surface area contributed by atoms with Gasteiger partial charge in [0.2, 0.25) is 5.91 Å². The number of piperazine rings is 1. The average Bonchev–Trinajstić information content (AvgIpc) is 4.02. The van der Waals surface area contributed by atoms with Gasteiger partial charge in [-0.25, -0.2) is 0 Å². The first-order valence-corrected chi connectivity index (χ1v) is 18.5. The van der Waals surface area contributed by atoms with Gasteiger partial charge in [0.15, 0.2) is 0 Å². The van der Waals surface area contributed by atoms with Crippen molar-refractivity contribution in [3.8, 4) is 5.75 Å². The van der Waals surface area contributed by atoms with E-state index in [4.69, 9.17) is 15.9 Å². The molecule has 0 spiro atoms. The summed E-state index contributed by atoms with van der Waals surface area (Å²) in [6.45, 7) is 5.70. The number of amides is 2. The Morgan fingerprint density at radius 2 is 1.73 bits per heavy atom. The molecular weight excluding hydrogens is 658 g/mol. The Kier molecular flexibility index (Phi) is 13.6. The first-order valence-electron chi connectivity index (χ1n) is 18.5. The molecule has 278 valence electrons. The number of anilines is 3. The van der Waals surface area contributed by atoms with E-state index in [0.717, 1.165) is 63.0 Å². The lowest BCUT2D eigenvalue weighted by Gasteiger charge is -2.38. The van der Waals surface area contributed by atoms with Gasteiger partial charge in [-0.2, -0.15) is 0 Å². The van der Waals surface area contributed by atoms with E-state index in [2.05, 4.69) is 32.6 Å². The van der Waals surface area contributed by atoms with Crippen LogP contribution >= 0.6 is 0 Å². The molecule has 2 heterocycles. The topological polar surface area (TPSA) is 163 Å². The minimum Gasteiger partial charge on any atom is -0.496 e. The first-order chi connectivity index (χ1) is 25.2. The Bertz CT molecular complexity index is 1740. The van der Waals surface area contributed by atoms with Gasteiger partial charge in [-0.1, -0.05) is 31.4 Å². The molecule has 52 heavy (non-hydrogen) atoms. The predicted molar refractivity (Wildman–Crippen MR) is 206 cm³/mol. The number of benzene rings is 2. The number of ether oxygens (including phenoxy) is 1. The molecule has 3 aliphatic rings. The maximum absolute atomic E-state index is 12.6. The summed E-state index contributed by atoms with van der Waals surface area (Å²) in [6, 6.07) is 14.8. The van der Waals surface area contributed by atoms with Crippen molar-refractivity contribution in [2.45, 2.75) is 69.7 Å². The van der Waals surface area contributed by atoms with E-state index in [0.29, 0.717) is 24.1 Å². The van der Waals surface area contributed by atoms with E-state index < -0.39 is 5.91 Å². The summed E-state index contributed by atoms with van der Waals surface area (Å²) in [7, 11) is 3.06. The fraction of sp³-hybridized carbons (Fsp3) is 0.475. The Morgan fingerprint density at radius 1 is 1.02 bits per heavy atom. The van der Waals surface area contributed by atoms with Gasteiger partial charge in [0.05, 0.1) is 12.7 Å². The number of hydrogen-bond donors (Lipinski definition) is 4. The summed E-state index contributed by atoms with van der Waals surface area (Å²) in [6.07, 6.45) is 13.7. The molecule has 2 aromatic carbocycles. The highest BCUT2D eigenvalue weighted by atomic mass is 16.5. The Hall–Kier alpha value is -4.97. The molecule has 1 aromatic heterocycles. The zero-order chi connectivity index (χ0) is 37.0. The molecule has 0 bridgehead atoms. The van der Waals surface area contributed by atoms with Crippen LogP contribution in [0.4, 0.5) is 17.1 Å². The molecule has 2 amide bonds. The molecule has 1 saturated heterocycles. The van der Waals surface area contributed by atoms with Crippen LogP contribution in [0.1, 0.15) is 91.2 Å². The molecule has 6 rings (SSSR count). The summed E-state index contributed by atoms with van der Waals surface area (Å²) in [5, 5.41) is 12.6. The molecule has 3 aromatic rings. The van der Waals surface area contributed by atoms with Crippen LogP contribution in [0.25, 0.3) is 0 Å². The number of nitrogen functional groups attached to an aromatic ring is 1. The number of aromatic nitrogens is 1. The van der Waals surface area contributed by atoms with Crippen LogP contribution < -0.4 is 31.6 Å². The highest BCUT2D eigenvalue weighted by Gasteiger charge is 2.26. The molecular formula is C40H53N7O5. The first kappa shape index (κ1) is 38.3. The van der Waals surface area contributed by atoms with Crippen molar-refractivity contribution in [2.24, 2.45) is 5.92 Å². The molecule has 5 N–H and O–H groups in total. The number of nitrogens with one attached hydrogen (secondary N) is 3. The van der Waals surface area contributed by atoms with Gasteiger partial charge in [0.25, 0.3) is 11.5 Å². The molecule has 1 unspecified atom stereocenters. The number of rotatable bonds is 13. The van der Waals surface area contributed by atoms with Crippen LogP contribution in [0.3, 0.4) is 0 Å². The summed E-state index contributed by atoms with van der Waals surface area (Å²) in [5.41, 5.74) is 8.98. The molecule has 1 atom stereocenters. The predicted octanol–water partition coefficient (Wildman–Crippen LogP) is 5.22. The van der Waals surface area contributed by atoms with Gasteiger partial charge in [0, 0.05) is 93.6 Å². The lowest BCUT2D eigenvalue weighted by molar-refractivity contribution is -0.120. The Morgan fingerprint density at radius 3 is 2.35 bits per heavy atom. The fourth-order valence-corrected chi connectivity index (χ4v) is 7.10. The molecule has 2 saturated carbocycles. The molecule has 2 aliphatic carbocycles. The quantitative estimate of drug-likeness (QED) is 0.107. The lowest BCUT2D eigenvalue weighted by atomic mass is 9.89. The summed E-state index contributed by atoms with van der Waals surface area (Å²) >= 11 is 0. The molecule has 3 fully saturated rings. The zero-order valence-corrected chi connectivity index (χ0v) is 30.4. The van der Waals surface area contributed by atoms with E-state index in [1.807, 2.05) is 12.1 Å². The van der Waals surface area contributed by atoms with Crippen LogP contribution in [-0.4, -0.2) is 80.7 Å². The minimum atomic E-state index is -0.486. The largest absolute Gasteiger partial charge is 0.496 e. The van der Waals surface area contributed by atoms with Crippen LogP contribution in [0.2, 0.25) is 0 Å². The number of methoxy groups -OCH3 is 1. The van der Waals surface area contributed by atoms with Crippen molar-refractivity contribution in [3.63, 3.8) is 0 Å². The molecule has 12 nitrogen and oxygen atoms in total. The van der Waals surface area contributed by atoms with Crippen LogP contribution in [0.5, 0.6) is 5.75 Å². The van der Waals surface area contributed by atoms with Crippen molar-refractivity contribution in [3.05, 3.63) is 81.8 Å². The van der Waals surface area contributed by atoms with Crippen molar-refractivity contribution >= 4 is 41.4 Å². The normalized spacial score (nSPS) is 16.9. The third-order valence-electron chi connectivity index (χ3n) is 10.4. The van der Waals surface area contributed by atoms with Crippen LogP contribution in [0, 0.1) is 11.3 Å². The summed E-state index contributed by atoms with van der Waals surface area (Å²) in [5.74, 6) is 0.484. The van der Waals surface area contributed by atoms with Gasteiger partial charge >= 0.3 is 0 Å². The fourth-order valence-electron chi connectivity index (χ4n) is 7.10.